The highest BCUT2D eigenvalue weighted by Crippen LogP contribution is 2.32. The van der Waals surface area contributed by atoms with Crippen LogP contribution in [-0.4, -0.2) is 36.7 Å². The topological polar surface area (TPSA) is 89.5 Å². The Kier molecular flexibility index (Phi) is 8.09. The van der Waals surface area contributed by atoms with E-state index in [1.165, 1.54) is 11.3 Å². The molecule has 0 saturated heterocycles. The molecule has 2 aromatic carbocycles. The molecule has 0 aliphatic rings. The minimum absolute atomic E-state index is 0.0281. The SMILES string of the molecule is CCOc1ccc2nc(N(Cc3ccccn3)C(=O)CCCS(=O)(=O)Cc3ccccc3)sc2c1. The van der Waals surface area contributed by atoms with Crippen LogP contribution in [0.4, 0.5) is 5.13 Å². The molecule has 182 valence electrons. The molecule has 2 heterocycles. The van der Waals surface area contributed by atoms with Crippen molar-refractivity contribution in [1.82, 2.24) is 9.97 Å². The lowest BCUT2D eigenvalue weighted by Crippen LogP contribution is -2.31. The molecule has 0 bridgehead atoms. The van der Waals surface area contributed by atoms with Crippen LogP contribution in [0.2, 0.25) is 0 Å². The van der Waals surface area contributed by atoms with Gasteiger partial charge < -0.3 is 4.74 Å². The number of fused-ring (bicyclic) bond motifs is 1. The molecule has 7 nitrogen and oxygen atoms in total. The average Bonchev–Trinajstić information content (AvgIpc) is 3.26. The second-order valence-corrected chi connectivity index (χ2v) is 11.2. The number of thiazole rings is 1. The second kappa shape index (κ2) is 11.4. The highest BCUT2D eigenvalue weighted by molar-refractivity contribution is 7.90. The Labute approximate surface area is 209 Å². The average molecular weight is 510 g/mol. The van der Waals surface area contributed by atoms with E-state index in [-0.39, 0.29) is 36.8 Å². The number of hydrogen-bond donors (Lipinski definition) is 0. The fourth-order valence-electron chi connectivity index (χ4n) is 3.66. The molecule has 1 amide bonds. The number of amides is 1. The van der Waals surface area contributed by atoms with Crippen LogP contribution in [0.25, 0.3) is 10.2 Å². The van der Waals surface area contributed by atoms with Gasteiger partial charge in [0.2, 0.25) is 5.91 Å². The molecule has 0 radical (unpaired) electrons. The summed E-state index contributed by atoms with van der Waals surface area (Å²) in [7, 11) is -3.32. The van der Waals surface area contributed by atoms with Crippen molar-refractivity contribution in [3.63, 3.8) is 0 Å². The molecule has 0 atom stereocenters. The van der Waals surface area contributed by atoms with Crippen molar-refractivity contribution in [2.24, 2.45) is 0 Å². The van der Waals surface area contributed by atoms with Crippen LogP contribution < -0.4 is 9.64 Å². The van der Waals surface area contributed by atoms with Crippen LogP contribution in [-0.2, 0) is 26.9 Å². The predicted molar refractivity (Wildman–Crippen MR) is 139 cm³/mol. The summed E-state index contributed by atoms with van der Waals surface area (Å²) in [6.07, 6.45) is 2.02. The van der Waals surface area contributed by atoms with Crippen molar-refractivity contribution in [3.8, 4) is 5.75 Å². The van der Waals surface area contributed by atoms with Crippen LogP contribution in [0, 0.1) is 0 Å². The largest absolute Gasteiger partial charge is 0.494 e. The van der Waals surface area contributed by atoms with E-state index in [1.807, 2.05) is 61.5 Å². The fourth-order valence-corrected chi connectivity index (χ4v) is 6.10. The minimum atomic E-state index is -3.32. The van der Waals surface area contributed by atoms with E-state index in [1.54, 1.807) is 23.2 Å². The molecule has 2 aromatic heterocycles. The Morgan fingerprint density at radius 1 is 1.06 bits per heavy atom. The van der Waals surface area contributed by atoms with Gasteiger partial charge in [-0.3, -0.25) is 14.7 Å². The van der Waals surface area contributed by atoms with Gasteiger partial charge in [0, 0.05) is 12.6 Å². The number of carbonyl (C=O) groups is 1. The molecule has 0 N–H and O–H groups in total. The first-order chi connectivity index (χ1) is 16.9. The van der Waals surface area contributed by atoms with Gasteiger partial charge in [-0.15, -0.1) is 0 Å². The number of anilines is 1. The third kappa shape index (κ3) is 6.86. The van der Waals surface area contributed by atoms with E-state index >= 15 is 0 Å². The van der Waals surface area contributed by atoms with Gasteiger partial charge in [-0.1, -0.05) is 47.7 Å². The van der Waals surface area contributed by atoms with E-state index < -0.39 is 9.84 Å². The Bertz CT molecular complexity index is 1370. The number of carbonyl (C=O) groups excluding carboxylic acids is 1. The summed E-state index contributed by atoms with van der Waals surface area (Å²) in [5.41, 5.74) is 2.25. The summed E-state index contributed by atoms with van der Waals surface area (Å²) in [6.45, 7) is 2.75. The van der Waals surface area contributed by atoms with Gasteiger partial charge in [0.1, 0.15) is 5.75 Å². The molecule has 4 aromatic rings. The predicted octanol–water partition coefficient (Wildman–Crippen LogP) is 5.02. The van der Waals surface area contributed by atoms with Crippen molar-refractivity contribution in [1.29, 1.82) is 0 Å². The van der Waals surface area contributed by atoms with Crippen molar-refractivity contribution in [3.05, 3.63) is 84.2 Å². The van der Waals surface area contributed by atoms with E-state index in [9.17, 15) is 13.2 Å². The van der Waals surface area contributed by atoms with Crippen molar-refractivity contribution in [2.75, 3.05) is 17.3 Å². The van der Waals surface area contributed by atoms with Gasteiger partial charge in [0.05, 0.1) is 40.6 Å². The molecule has 0 saturated carbocycles. The summed E-state index contributed by atoms with van der Waals surface area (Å²) in [4.78, 5) is 23.9. The maximum atomic E-state index is 13.3. The first-order valence-electron chi connectivity index (χ1n) is 11.4. The molecular formula is C26H27N3O4S2. The Hall–Kier alpha value is -3.30. The second-order valence-electron chi connectivity index (χ2n) is 8.04. The third-order valence-corrected chi connectivity index (χ3v) is 8.04. The molecule has 0 spiro atoms. The van der Waals surface area contributed by atoms with Gasteiger partial charge in [0.15, 0.2) is 15.0 Å². The number of pyridine rings is 1. The highest BCUT2D eigenvalue weighted by Gasteiger charge is 2.22. The number of nitrogens with zero attached hydrogens (tertiary/aromatic N) is 3. The van der Waals surface area contributed by atoms with E-state index in [2.05, 4.69) is 9.97 Å². The molecule has 9 heteroatoms. The van der Waals surface area contributed by atoms with Gasteiger partial charge in [-0.2, -0.15) is 0 Å². The number of hydrogen-bond acceptors (Lipinski definition) is 7. The maximum absolute atomic E-state index is 13.3. The van der Waals surface area contributed by atoms with E-state index in [0.717, 1.165) is 27.2 Å². The zero-order valence-electron chi connectivity index (χ0n) is 19.5. The molecule has 35 heavy (non-hydrogen) atoms. The number of rotatable bonds is 11. The molecule has 0 fully saturated rings. The lowest BCUT2D eigenvalue weighted by molar-refractivity contribution is -0.118. The first-order valence-corrected chi connectivity index (χ1v) is 14.1. The van der Waals surface area contributed by atoms with E-state index in [0.29, 0.717) is 11.7 Å². The van der Waals surface area contributed by atoms with Crippen LogP contribution in [0.5, 0.6) is 5.75 Å². The smallest absolute Gasteiger partial charge is 0.229 e. The standard InChI is InChI=1S/C26H27N3O4S2/c1-2-33-22-13-14-23-24(17-22)34-26(28-23)29(18-21-11-6-7-15-27-21)25(30)12-8-16-35(31,32)19-20-9-4-3-5-10-20/h3-7,9-11,13-15,17H,2,8,12,16,18-19H2,1H3. The van der Waals surface area contributed by atoms with Gasteiger partial charge in [0.25, 0.3) is 0 Å². The van der Waals surface area contributed by atoms with Gasteiger partial charge >= 0.3 is 0 Å². The first kappa shape index (κ1) is 24.8. The normalized spacial score (nSPS) is 11.5. The van der Waals surface area contributed by atoms with Crippen LogP contribution >= 0.6 is 11.3 Å². The molecular weight excluding hydrogens is 482 g/mol. The monoisotopic (exact) mass is 509 g/mol. The summed E-state index contributed by atoms with van der Waals surface area (Å²) in [5, 5.41) is 0.552. The summed E-state index contributed by atoms with van der Waals surface area (Å²) >= 11 is 1.40. The van der Waals surface area contributed by atoms with E-state index in [4.69, 9.17) is 4.74 Å². The van der Waals surface area contributed by atoms with Crippen molar-refractivity contribution >= 4 is 42.4 Å². The summed E-state index contributed by atoms with van der Waals surface area (Å²) < 4.78 is 31.6. The summed E-state index contributed by atoms with van der Waals surface area (Å²) in [5.74, 6) is 0.485. The fraction of sp³-hybridized carbons (Fsp3) is 0.269. The zero-order chi connectivity index (χ0) is 24.7. The minimum Gasteiger partial charge on any atom is -0.494 e. The number of ether oxygens (including phenoxy) is 1. The van der Waals surface area contributed by atoms with Crippen LogP contribution in [0.3, 0.4) is 0 Å². The van der Waals surface area contributed by atoms with Gasteiger partial charge in [-0.05, 0) is 49.2 Å². The number of benzene rings is 2. The quantitative estimate of drug-likeness (QED) is 0.282. The highest BCUT2D eigenvalue weighted by atomic mass is 32.2. The molecule has 0 aliphatic carbocycles. The Balaban J connectivity index is 1.49. The van der Waals surface area contributed by atoms with Gasteiger partial charge in [-0.25, -0.2) is 13.4 Å². The number of aromatic nitrogens is 2. The lowest BCUT2D eigenvalue weighted by atomic mass is 10.2. The maximum Gasteiger partial charge on any atom is 0.229 e. The Morgan fingerprint density at radius 2 is 1.86 bits per heavy atom. The van der Waals surface area contributed by atoms with Crippen molar-refractivity contribution in [2.45, 2.75) is 32.1 Å². The zero-order valence-corrected chi connectivity index (χ0v) is 21.1. The van der Waals surface area contributed by atoms with Crippen molar-refractivity contribution < 1.29 is 17.9 Å². The molecule has 0 aliphatic heterocycles. The lowest BCUT2D eigenvalue weighted by Gasteiger charge is -2.19. The molecule has 4 rings (SSSR count). The Morgan fingerprint density at radius 3 is 2.60 bits per heavy atom. The van der Waals surface area contributed by atoms with Crippen LogP contribution in [0.15, 0.2) is 72.9 Å². The van der Waals surface area contributed by atoms with Crippen LogP contribution in [0.1, 0.15) is 31.0 Å². The number of sulfone groups is 1. The summed E-state index contributed by atoms with van der Waals surface area (Å²) in [6, 6.07) is 20.3. The molecule has 0 unspecified atom stereocenters. The third-order valence-electron chi connectivity index (χ3n) is 5.31.